The summed E-state index contributed by atoms with van der Waals surface area (Å²) in [6.07, 6.45) is 2.14. The average molecular weight is 454 g/mol. The molecule has 1 atom stereocenters. The minimum atomic E-state index is -0.298. The maximum Gasteiger partial charge on any atom is 0.112 e. The third-order valence-corrected chi connectivity index (χ3v) is 3.87. The van der Waals surface area contributed by atoms with E-state index in [9.17, 15) is 5.11 Å². The van der Waals surface area contributed by atoms with Crippen molar-refractivity contribution < 1.29 is 49.2 Å². The number of hydrogen-bond donors (Lipinski definition) is 1. The Bertz CT molecular complexity index is 221. The Balaban J connectivity index is 0.00000256. The molecular formula is C14H29AcNO. The monoisotopic (exact) mass is 454 g/mol. The molecule has 0 amide bonds. The minimum absolute atomic E-state index is 0. The van der Waals surface area contributed by atoms with Gasteiger partial charge >= 0.3 is 0 Å². The van der Waals surface area contributed by atoms with Gasteiger partial charge in [-0.1, -0.05) is 41.5 Å². The first-order valence-electron chi connectivity index (χ1n) is 6.54. The van der Waals surface area contributed by atoms with Gasteiger partial charge in [-0.25, -0.2) is 0 Å². The van der Waals surface area contributed by atoms with E-state index in [1.54, 1.807) is 0 Å². The van der Waals surface area contributed by atoms with Crippen molar-refractivity contribution in [3.05, 3.63) is 0 Å². The van der Waals surface area contributed by atoms with E-state index in [1.807, 2.05) is 0 Å². The maximum atomic E-state index is 10.2. The van der Waals surface area contributed by atoms with Crippen LogP contribution in [0.15, 0.2) is 0 Å². The van der Waals surface area contributed by atoms with Gasteiger partial charge < -0.3 is 5.11 Å². The second kappa shape index (κ2) is 6.69. The molecule has 1 radical (unpaired) electrons. The summed E-state index contributed by atoms with van der Waals surface area (Å²) in [6, 6.07) is 0. The molecule has 1 fully saturated rings. The normalized spacial score (nSPS) is 22.1. The van der Waals surface area contributed by atoms with Gasteiger partial charge in [-0.05, 0) is 24.2 Å². The fourth-order valence-corrected chi connectivity index (χ4v) is 2.56. The Morgan fingerprint density at radius 2 is 1.41 bits per heavy atom. The van der Waals surface area contributed by atoms with Crippen LogP contribution in [0.3, 0.4) is 0 Å². The molecule has 1 aliphatic rings. The van der Waals surface area contributed by atoms with E-state index in [0.29, 0.717) is 5.41 Å². The number of piperidine rings is 1. The van der Waals surface area contributed by atoms with Crippen molar-refractivity contribution >= 4 is 0 Å². The van der Waals surface area contributed by atoms with E-state index in [4.69, 9.17) is 0 Å². The quantitative estimate of drug-likeness (QED) is 0.659. The molecule has 0 aliphatic carbocycles. The average Bonchev–Trinajstić information content (AvgIpc) is 2.14. The Morgan fingerprint density at radius 3 is 1.71 bits per heavy atom. The summed E-state index contributed by atoms with van der Waals surface area (Å²) in [7, 11) is 0. The third kappa shape index (κ3) is 5.47. The standard InChI is InChI=1S/C14H29NO.Ac/c1-13(2,3)11-7-9-15(10-8-11)12(16)14(4,5)6;/h11-12,16H,7-10H2,1-6H3;. The molecule has 1 heterocycles. The number of aliphatic hydroxyl groups is 1. The van der Waals surface area contributed by atoms with Gasteiger partial charge in [0.15, 0.2) is 0 Å². The molecule has 0 bridgehead atoms. The summed E-state index contributed by atoms with van der Waals surface area (Å²) in [5.41, 5.74) is 0.382. The van der Waals surface area contributed by atoms with Gasteiger partial charge in [0.1, 0.15) is 6.23 Å². The Kier molecular flexibility index (Phi) is 7.22. The molecule has 0 saturated carbocycles. The van der Waals surface area contributed by atoms with Gasteiger partial charge in [0.2, 0.25) is 0 Å². The first kappa shape index (κ1) is 18.4. The van der Waals surface area contributed by atoms with Gasteiger partial charge in [0, 0.05) is 62.6 Å². The van der Waals surface area contributed by atoms with Gasteiger partial charge in [0.25, 0.3) is 0 Å². The fourth-order valence-electron chi connectivity index (χ4n) is 2.56. The predicted molar refractivity (Wildman–Crippen MR) is 69.2 cm³/mol. The zero-order valence-electron chi connectivity index (χ0n) is 12.5. The first-order valence-corrected chi connectivity index (χ1v) is 6.54. The smallest absolute Gasteiger partial charge is 0.112 e. The molecule has 1 saturated heterocycles. The van der Waals surface area contributed by atoms with Crippen molar-refractivity contribution in [1.29, 1.82) is 0 Å². The predicted octanol–water partition coefficient (Wildman–Crippen LogP) is 3.11. The van der Waals surface area contributed by atoms with Crippen LogP contribution in [0, 0.1) is 60.8 Å². The summed E-state index contributed by atoms with van der Waals surface area (Å²) >= 11 is 0. The van der Waals surface area contributed by atoms with Crippen molar-refractivity contribution in [3.8, 4) is 0 Å². The molecule has 17 heavy (non-hydrogen) atoms. The number of aliphatic hydroxyl groups excluding tert-OH is 1. The van der Waals surface area contributed by atoms with Gasteiger partial charge in [-0.15, -0.1) is 0 Å². The molecule has 0 spiro atoms. The molecule has 1 rings (SSSR count). The van der Waals surface area contributed by atoms with Crippen LogP contribution in [0.1, 0.15) is 54.4 Å². The van der Waals surface area contributed by atoms with Crippen LogP contribution in [0.25, 0.3) is 0 Å². The molecule has 0 aromatic rings. The van der Waals surface area contributed by atoms with Gasteiger partial charge in [-0.3, -0.25) is 4.90 Å². The number of hydrogen-bond acceptors (Lipinski definition) is 2. The Hall–Kier alpha value is 1.36. The minimum Gasteiger partial charge on any atom is -0.378 e. The van der Waals surface area contributed by atoms with E-state index in [-0.39, 0.29) is 55.7 Å². The van der Waals surface area contributed by atoms with Crippen LogP contribution in [-0.2, 0) is 0 Å². The molecule has 2 nitrogen and oxygen atoms in total. The van der Waals surface area contributed by atoms with Crippen LogP contribution in [0.4, 0.5) is 0 Å². The van der Waals surface area contributed by atoms with Crippen LogP contribution in [0.2, 0.25) is 0 Å². The second-order valence-electron chi connectivity index (χ2n) is 7.42. The largest absolute Gasteiger partial charge is 0.378 e. The zero-order valence-corrected chi connectivity index (χ0v) is 17.2. The van der Waals surface area contributed by atoms with E-state index in [1.165, 1.54) is 12.8 Å². The van der Waals surface area contributed by atoms with Gasteiger partial charge in [-0.2, -0.15) is 0 Å². The maximum absolute atomic E-state index is 10.2. The molecule has 1 aliphatic heterocycles. The van der Waals surface area contributed by atoms with Gasteiger partial charge in [0.05, 0.1) is 0 Å². The molecule has 0 aromatic carbocycles. The summed E-state index contributed by atoms with van der Waals surface area (Å²) in [4.78, 5) is 2.24. The molecule has 99 valence electrons. The number of likely N-dealkylation sites (tertiary alicyclic amines) is 1. The van der Waals surface area contributed by atoms with Crippen molar-refractivity contribution in [3.63, 3.8) is 0 Å². The molecular weight excluding hydrogens is 425 g/mol. The topological polar surface area (TPSA) is 23.5 Å². The van der Waals surface area contributed by atoms with Crippen molar-refractivity contribution in [2.75, 3.05) is 13.1 Å². The summed E-state index contributed by atoms with van der Waals surface area (Å²) < 4.78 is 0. The second-order valence-corrected chi connectivity index (χ2v) is 7.42. The van der Waals surface area contributed by atoms with Crippen molar-refractivity contribution in [2.24, 2.45) is 16.7 Å². The number of rotatable bonds is 1. The third-order valence-electron chi connectivity index (χ3n) is 3.87. The molecule has 1 N–H and O–H groups in total. The van der Waals surface area contributed by atoms with E-state index >= 15 is 0 Å². The SMILES string of the molecule is CC(C)(C)C1CCN(C(O)C(C)(C)C)CC1.[Ac]. The molecule has 3 heteroatoms. The van der Waals surface area contributed by atoms with E-state index < -0.39 is 0 Å². The summed E-state index contributed by atoms with van der Waals surface area (Å²) in [5, 5.41) is 10.2. The van der Waals surface area contributed by atoms with Crippen LogP contribution in [0.5, 0.6) is 0 Å². The van der Waals surface area contributed by atoms with Crippen LogP contribution < -0.4 is 0 Å². The number of nitrogens with zero attached hydrogens (tertiary/aromatic N) is 1. The Labute approximate surface area is 143 Å². The van der Waals surface area contributed by atoms with Crippen LogP contribution >= 0.6 is 0 Å². The van der Waals surface area contributed by atoms with Crippen molar-refractivity contribution in [1.82, 2.24) is 4.90 Å². The summed E-state index contributed by atoms with van der Waals surface area (Å²) in [6.45, 7) is 15.4. The molecule has 0 aromatic heterocycles. The Morgan fingerprint density at radius 1 is 1.00 bits per heavy atom. The van der Waals surface area contributed by atoms with E-state index in [2.05, 4.69) is 46.4 Å². The van der Waals surface area contributed by atoms with E-state index in [0.717, 1.165) is 19.0 Å². The first-order chi connectivity index (χ1) is 7.12. The fraction of sp³-hybridized carbons (Fsp3) is 1.00. The summed E-state index contributed by atoms with van der Waals surface area (Å²) in [5.74, 6) is 0.802. The zero-order chi connectivity index (χ0) is 12.6. The van der Waals surface area contributed by atoms with Crippen LogP contribution in [-0.4, -0.2) is 29.3 Å². The van der Waals surface area contributed by atoms with Crippen molar-refractivity contribution in [2.45, 2.75) is 60.6 Å². The molecule has 1 unspecified atom stereocenters.